The van der Waals surface area contributed by atoms with Crippen molar-refractivity contribution in [3.8, 4) is 28.5 Å². The van der Waals surface area contributed by atoms with Crippen molar-refractivity contribution < 1.29 is 9.13 Å². The minimum atomic E-state index is -0.395. The van der Waals surface area contributed by atoms with Crippen molar-refractivity contribution in [2.75, 3.05) is 50.8 Å². The first kappa shape index (κ1) is 29.6. The van der Waals surface area contributed by atoms with E-state index in [0.29, 0.717) is 59.0 Å². The Hall–Kier alpha value is -3.87. The van der Waals surface area contributed by atoms with E-state index in [1.54, 1.807) is 41.5 Å². The predicted molar refractivity (Wildman–Crippen MR) is 162 cm³/mol. The first-order valence-electron chi connectivity index (χ1n) is 13.9. The summed E-state index contributed by atoms with van der Waals surface area (Å²) >= 11 is 6.21. The molecule has 13 heteroatoms. The maximum absolute atomic E-state index is 15.3. The highest BCUT2D eigenvalue weighted by Gasteiger charge is 2.22. The Morgan fingerprint density at radius 1 is 1.12 bits per heavy atom. The second-order valence-corrected chi connectivity index (χ2v) is 11.0. The zero-order chi connectivity index (χ0) is 29.8. The van der Waals surface area contributed by atoms with Crippen molar-refractivity contribution in [1.82, 2.24) is 39.5 Å². The van der Waals surface area contributed by atoms with Gasteiger partial charge in [0.15, 0.2) is 5.82 Å². The van der Waals surface area contributed by atoms with Crippen LogP contribution in [0.1, 0.15) is 24.6 Å². The van der Waals surface area contributed by atoms with Gasteiger partial charge in [0, 0.05) is 82.6 Å². The Kier molecular flexibility index (Phi) is 9.15. The second-order valence-electron chi connectivity index (χ2n) is 10.6. The van der Waals surface area contributed by atoms with E-state index >= 15 is 4.39 Å². The van der Waals surface area contributed by atoms with Gasteiger partial charge >= 0.3 is 0 Å². The molecule has 0 bridgehead atoms. The van der Waals surface area contributed by atoms with Gasteiger partial charge in [-0.05, 0) is 44.7 Å². The molecule has 11 nitrogen and oxygen atoms in total. The number of halogens is 2. The minimum Gasteiger partial charge on any atom is -0.474 e. The zero-order valence-corrected chi connectivity index (χ0v) is 25.1. The lowest BCUT2D eigenvalue weighted by molar-refractivity contribution is 0.148. The molecule has 1 fully saturated rings. The first-order valence-corrected chi connectivity index (χ1v) is 14.3. The molecule has 0 aliphatic carbocycles. The van der Waals surface area contributed by atoms with Gasteiger partial charge in [0.1, 0.15) is 28.0 Å². The van der Waals surface area contributed by atoms with Crippen LogP contribution in [0.25, 0.3) is 22.6 Å². The number of nitrogen functional groups attached to an aromatic ring is 1. The Morgan fingerprint density at radius 2 is 1.90 bits per heavy atom. The Bertz CT molecular complexity index is 1540. The molecule has 5 heterocycles. The molecule has 5 rings (SSSR count). The van der Waals surface area contributed by atoms with E-state index in [1.807, 2.05) is 20.9 Å². The van der Waals surface area contributed by atoms with Crippen LogP contribution in [0.2, 0.25) is 5.15 Å². The van der Waals surface area contributed by atoms with Gasteiger partial charge < -0.3 is 20.7 Å². The normalized spacial score (nSPS) is 15.1. The summed E-state index contributed by atoms with van der Waals surface area (Å²) in [5, 5.41) is 8.16. The van der Waals surface area contributed by atoms with E-state index in [0.717, 1.165) is 37.4 Å². The van der Waals surface area contributed by atoms with Gasteiger partial charge in [-0.25, -0.2) is 24.0 Å². The van der Waals surface area contributed by atoms with Crippen molar-refractivity contribution in [3.05, 3.63) is 59.0 Å². The maximum Gasteiger partial charge on any atom is 0.223 e. The standard InChI is InChI=1S/C29H36ClFN10O/c1-18(42-29-26(19(2)38-40(29)4)28-34-8-6-25(32)37-28)5-7-33-23-14-24(30)35-16-21(23)27-22(31)13-20(15-36-27)17-41-11-9-39(3)10-12-41/h6,8,13-16,18H,5,7,9-12,17H2,1-4H3,(H,33,35)(H2,32,34,37)/t18-/m1/s1. The highest BCUT2D eigenvalue weighted by atomic mass is 35.5. The average Bonchev–Trinajstić information content (AvgIpc) is 3.22. The largest absolute Gasteiger partial charge is 0.474 e. The fraction of sp³-hybridized carbons (Fsp3) is 0.414. The lowest BCUT2D eigenvalue weighted by Crippen LogP contribution is -2.43. The monoisotopic (exact) mass is 594 g/mol. The second kappa shape index (κ2) is 13.0. The number of pyridine rings is 2. The number of aryl methyl sites for hydroxylation is 2. The maximum atomic E-state index is 15.3. The third-order valence-corrected chi connectivity index (χ3v) is 7.48. The average molecular weight is 595 g/mol. The molecule has 222 valence electrons. The van der Waals surface area contributed by atoms with Crippen molar-refractivity contribution in [2.45, 2.75) is 32.9 Å². The fourth-order valence-corrected chi connectivity index (χ4v) is 5.13. The quantitative estimate of drug-likeness (QED) is 0.260. The summed E-state index contributed by atoms with van der Waals surface area (Å²) in [6.45, 7) is 8.95. The van der Waals surface area contributed by atoms with Crippen LogP contribution in [0, 0.1) is 12.7 Å². The first-order chi connectivity index (χ1) is 20.2. The Labute approximate surface area is 249 Å². The van der Waals surface area contributed by atoms with Crippen molar-refractivity contribution >= 4 is 23.1 Å². The summed E-state index contributed by atoms with van der Waals surface area (Å²) in [5.41, 5.74) is 9.57. The zero-order valence-electron chi connectivity index (χ0n) is 24.3. The summed E-state index contributed by atoms with van der Waals surface area (Å²) in [6.07, 6.45) is 5.32. The summed E-state index contributed by atoms with van der Waals surface area (Å²) in [6, 6.07) is 4.88. The lowest BCUT2D eigenvalue weighted by atomic mass is 10.1. The molecule has 1 saturated heterocycles. The van der Waals surface area contributed by atoms with E-state index in [2.05, 4.69) is 47.2 Å². The number of nitrogens with zero attached hydrogens (tertiary/aromatic N) is 8. The van der Waals surface area contributed by atoms with Crippen LogP contribution in [-0.2, 0) is 13.6 Å². The number of hydrogen-bond donors (Lipinski definition) is 2. The molecule has 4 aromatic rings. The fourth-order valence-electron chi connectivity index (χ4n) is 4.97. The molecular weight excluding hydrogens is 559 g/mol. The van der Waals surface area contributed by atoms with Gasteiger partial charge in [0.25, 0.3) is 0 Å². The molecule has 1 aliphatic rings. The van der Waals surface area contributed by atoms with Gasteiger partial charge in [-0.2, -0.15) is 5.10 Å². The molecule has 1 atom stereocenters. The smallest absolute Gasteiger partial charge is 0.223 e. The number of piperazine rings is 1. The number of ether oxygens (including phenoxy) is 1. The number of likely N-dealkylation sites (N-methyl/N-ethyl adjacent to an activating group) is 1. The van der Waals surface area contributed by atoms with E-state index < -0.39 is 5.82 Å². The number of hydrogen-bond acceptors (Lipinski definition) is 10. The van der Waals surface area contributed by atoms with E-state index in [4.69, 9.17) is 22.1 Å². The highest BCUT2D eigenvalue weighted by Crippen LogP contribution is 2.33. The molecule has 4 aromatic heterocycles. The van der Waals surface area contributed by atoms with E-state index in [1.165, 1.54) is 0 Å². The van der Waals surface area contributed by atoms with Crippen LogP contribution in [0.3, 0.4) is 0 Å². The number of aromatic nitrogens is 6. The summed E-state index contributed by atoms with van der Waals surface area (Å²) in [4.78, 5) is 22.0. The van der Waals surface area contributed by atoms with E-state index in [-0.39, 0.29) is 11.8 Å². The minimum absolute atomic E-state index is 0.198. The Balaban J connectivity index is 1.25. The van der Waals surface area contributed by atoms with Gasteiger partial charge in [0.2, 0.25) is 5.88 Å². The van der Waals surface area contributed by atoms with E-state index in [9.17, 15) is 0 Å². The molecule has 0 aromatic carbocycles. The van der Waals surface area contributed by atoms with Crippen LogP contribution in [0.4, 0.5) is 15.9 Å². The summed E-state index contributed by atoms with van der Waals surface area (Å²) in [7, 11) is 3.93. The third kappa shape index (κ3) is 6.94. The number of rotatable bonds is 10. The highest BCUT2D eigenvalue weighted by molar-refractivity contribution is 6.29. The molecule has 3 N–H and O–H groups in total. The topological polar surface area (TPSA) is 123 Å². The molecule has 0 radical (unpaired) electrons. The number of nitrogens with two attached hydrogens (primary N) is 1. The lowest BCUT2D eigenvalue weighted by Gasteiger charge is -2.32. The van der Waals surface area contributed by atoms with Crippen LogP contribution >= 0.6 is 11.6 Å². The van der Waals surface area contributed by atoms with Crippen molar-refractivity contribution in [2.24, 2.45) is 7.05 Å². The van der Waals surface area contributed by atoms with Gasteiger partial charge in [0.05, 0.1) is 11.8 Å². The molecule has 1 aliphatic heterocycles. The molecule has 0 unspecified atom stereocenters. The van der Waals surface area contributed by atoms with Crippen LogP contribution in [-0.4, -0.2) is 85.4 Å². The third-order valence-electron chi connectivity index (χ3n) is 7.28. The van der Waals surface area contributed by atoms with Gasteiger partial charge in [-0.15, -0.1) is 0 Å². The SMILES string of the molecule is Cc1nn(C)c(O[C@H](C)CCNc2cc(Cl)ncc2-c2ncc(CN3CCN(C)CC3)cc2F)c1-c1nccc(N)n1. The molecule has 0 amide bonds. The van der Waals surface area contributed by atoms with Crippen LogP contribution < -0.4 is 15.8 Å². The number of anilines is 2. The summed E-state index contributed by atoms with van der Waals surface area (Å²) < 4.78 is 23.3. The predicted octanol–water partition coefficient (Wildman–Crippen LogP) is 4.03. The van der Waals surface area contributed by atoms with Crippen molar-refractivity contribution in [1.29, 1.82) is 0 Å². The van der Waals surface area contributed by atoms with Gasteiger partial charge in [-0.1, -0.05) is 11.6 Å². The summed E-state index contributed by atoms with van der Waals surface area (Å²) in [5.74, 6) is 0.990. The molecular formula is C29H36ClFN10O. The molecule has 0 spiro atoms. The number of nitrogens with one attached hydrogen (secondary N) is 1. The van der Waals surface area contributed by atoms with Crippen LogP contribution in [0.5, 0.6) is 5.88 Å². The van der Waals surface area contributed by atoms with Crippen molar-refractivity contribution in [3.63, 3.8) is 0 Å². The Morgan fingerprint density at radius 3 is 2.64 bits per heavy atom. The van der Waals surface area contributed by atoms with Crippen LogP contribution in [0.15, 0.2) is 36.8 Å². The van der Waals surface area contributed by atoms with Gasteiger partial charge in [-0.3, -0.25) is 9.88 Å². The molecule has 0 saturated carbocycles. The molecule has 42 heavy (non-hydrogen) atoms.